The van der Waals surface area contributed by atoms with E-state index in [1.54, 1.807) is 0 Å². The zero-order chi connectivity index (χ0) is 20.5. The molecule has 2 aromatic rings. The highest BCUT2D eigenvalue weighted by atomic mass is 16.5. The van der Waals surface area contributed by atoms with Crippen LogP contribution in [-0.2, 0) is 13.2 Å². The maximum Gasteiger partial charge on any atom is 0.161 e. The van der Waals surface area contributed by atoms with Gasteiger partial charge in [0, 0.05) is 12.6 Å². The molecule has 0 radical (unpaired) electrons. The average Bonchev–Trinajstić information content (AvgIpc) is 2.73. The molecule has 4 fully saturated rings. The topological polar surface area (TPSA) is 30.5 Å². The molecule has 2 aromatic carbocycles. The van der Waals surface area contributed by atoms with Crippen molar-refractivity contribution in [3.05, 3.63) is 59.2 Å². The lowest BCUT2D eigenvalue weighted by Gasteiger charge is -2.54. The Morgan fingerprint density at radius 3 is 2.13 bits per heavy atom. The molecule has 0 saturated heterocycles. The molecule has 0 atom stereocenters. The Kier molecular flexibility index (Phi) is 5.73. The maximum atomic E-state index is 6.10. The zero-order valence-corrected chi connectivity index (χ0v) is 18.4. The van der Waals surface area contributed by atoms with Gasteiger partial charge in [-0.15, -0.1) is 0 Å². The lowest BCUT2D eigenvalue weighted by molar-refractivity contribution is -0.0142. The predicted molar refractivity (Wildman–Crippen MR) is 121 cm³/mol. The largest absolute Gasteiger partial charge is 0.490 e. The third-order valence-electron chi connectivity index (χ3n) is 7.59. The molecular weight excluding hydrogens is 370 g/mol. The van der Waals surface area contributed by atoms with E-state index in [1.165, 1.54) is 48.8 Å². The summed E-state index contributed by atoms with van der Waals surface area (Å²) in [6, 6.07) is 15.6. The highest BCUT2D eigenvalue weighted by Gasteiger charge is 2.47. The molecule has 0 amide bonds. The number of hydrogen-bond acceptors (Lipinski definition) is 3. The zero-order valence-electron chi connectivity index (χ0n) is 18.4. The summed E-state index contributed by atoms with van der Waals surface area (Å²) < 4.78 is 12.0. The van der Waals surface area contributed by atoms with Gasteiger partial charge in [0.05, 0.1) is 6.61 Å². The first-order chi connectivity index (χ1) is 14.7. The predicted octanol–water partition coefficient (Wildman–Crippen LogP) is 5.89. The molecule has 0 spiro atoms. The minimum absolute atomic E-state index is 0.561. The number of hydrogen-bond donors (Lipinski definition) is 1. The van der Waals surface area contributed by atoms with Gasteiger partial charge in [0.25, 0.3) is 0 Å². The van der Waals surface area contributed by atoms with Crippen molar-refractivity contribution in [1.29, 1.82) is 0 Å². The molecule has 0 aliphatic heterocycles. The molecular formula is C27H35NO2. The second kappa shape index (κ2) is 8.63. The molecule has 30 heavy (non-hydrogen) atoms. The van der Waals surface area contributed by atoms with Gasteiger partial charge in [-0.1, -0.05) is 35.9 Å². The Morgan fingerprint density at radius 1 is 0.800 bits per heavy atom. The molecule has 3 nitrogen and oxygen atoms in total. The Hall–Kier alpha value is -2.00. The second-order valence-corrected chi connectivity index (χ2v) is 9.83. The molecule has 6 rings (SSSR count). The fourth-order valence-electron chi connectivity index (χ4n) is 6.39. The fraction of sp³-hybridized carbons (Fsp3) is 0.556. The van der Waals surface area contributed by atoms with Gasteiger partial charge in [0.15, 0.2) is 11.5 Å². The van der Waals surface area contributed by atoms with Gasteiger partial charge in [-0.25, -0.2) is 0 Å². The Labute approximate surface area is 181 Å². The SMILES string of the molecule is CCOc1cc(CNC2C3CC4CC(C3)CC2C4)ccc1OCc1ccc(C)cc1. The quantitative estimate of drug-likeness (QED) is 0.594. The van der Waals surface area contributed by atoms with Crippen LogP contribution in [0.4, 0.5) is 0 Å². The van der Waals surface area contributed by atoms with Crippen LogP contribution in [0.15, 0.2) is 42.5 Å². The molecule has 0 aromatic heterocycles. The highest BCUT2D eigenvalue weighted by Crippen LogP contribution is 2.53. The van der Waals surface area contributed by atoms with Gasteiger partial charge in [0.2, 0.25) is 0 Å². The summed E-state index contributed by atoms with van der Waals surface area (Å²) in [7, 11) is 0. The number of aryl methyl sites for hydroxylation is 1. The van der Waals surface area contributed by atoms with Gasteiger partial charge in [-0.05, 0) is 92.9 Å². The van der Waals surface area contributed by atoms with Crippen molar-refractivity contribution >= 4 is 0 Å². The number of nitrogens with one attached hydrogen (secondary N) is 1. The van der Waals surface area contributed by atoms with Crippen molar-refractivity contribution in [2.45, 2.75) is 65.1 Å². The third-order valence-corrected chi connectivity index (χ3v) is 7.59. The highest BCUT2D eigenvalue weighted by molar-refractivity contribution is 5.43. The van der Waals surface area contributed by atoms with E-state index < -0.39 is 0 Å². The summed E-state index contributed by atoms with van der Waals surface area (Å²) in [6.45, 7) is 6.27. The summed E-state index contributed by atoms with van der Waals surface area (Å²) in [6.07, 6.45) is 7.35. The van der Waals surface area contributed by atoms with E-state index in [9.17, 15) is 0 Å². The number of benzene rings is 2. The van der Waals surface area contributed by atoms with Crippen LogP contribution < -0.4 is 14.8 Å². The van der Waals surface area contributed by atoms with Crippen LogP contribution in [0.2, 0.25) is 0 Å². The van der Waals surface area contributed by atoms with Crippen LogP contribution in [0.25, 0.3) is 0 Å². The van der Waals surface area contributed by atoms with E-state index in [2.05, 4.69) is 54.7 Å². The summed E-state index contributed by atoms with van der Waals surface area (Å²) in [5.74, 6) is 5.55. The number of ether oxygens (including phenoxy) is 2. The molecule has 0 heterocycles. The summed E-state index contributed by atoms with van der Waals surface area (Å²) in [5.41, 5.74) is 3.73. The average molecular weight is 406 g/mol. The number of rotatable bonds is 8. The van der Waals surface area contributed by atoms with Gasteiger partial charge in [-0.3, -0.25) is 0 Å². The Balaban J connectivity index is 1.22. The van der Waals surface area contributed by atoms with E-state index in [-0.39, 0.29) is 0 Å². The van der Waals surface area contributed by atoms with E-state index in [0.717, 1.165) is 41.7 Å². The van der Waals surface area contributed by atoms with E-state index in [4.69, 9.17) is 9.47 Å². The fourth-order valence-corrected chi connectivity index (χ4v) is 6.39. The molecule has 4 saturated carbocycles. The van der Waals surface area contributed by atoms with E-state index in [1.807, 2.05) is 6.92 Å². The standard InChI is InChI=1S/C27H35NO2/c1-3-29-26-15-20(8-9-25(26)30-17-19-6-4-18(2)5-7-19)16-28-27-23-11-21-10-22(13-23)14-24(27)12-21/h4-9,15,21-24,27-28H,3,10-14,16-17H2,1-2H3. The van der Waals surface area contributed by atoms with Gasteiger partial charge in [-0.2, -0.15) is 0 Å². The van der Waals surface area contributed by atoms with E-state index in [0.29, 0.717) is 19.3 Å². The molecule has 4 aliphatic carbocycles. The lowest BCUT2D eigenvalue weighted by Crippen LogP contribution is -2.54. The van der Waals surface area contributed by atoms with Crippen molar-refractivity contribution in [3.8, 4) is 11.5 Å². The molecule has 0 unspecified atom stereocenters. The van der Waals surface area contributed by atoms with Crippen LogP contribution in [-0.4, -0.2) is 12.6 Å². The molecule has 4 aliphatic rings. The van der Waals surface area contributed by atoms with Crippen molar-refractivity contribution in [3.63, 3.8) is 0 Å². The van der Waals surface area contributed by atoms with Gasteiger partial charge >= 0.3 is 0 Å². The first kappa shape index (κ1) is 19.9. The molecule has 160 valence electrons. The van der Waals surface area contributed by atoms with Crippen molar-refractivity contribution < 1.29 is 9.47 Å². The second-order valence-electron chi connectivity index (χ2n) is 9.83. The Bertz CT molecular complexity index is 832. The van der Waals surface area contributed by atoms with Crippen molar-refractivity contribution in [2.24, 2.45) is 23.7 Å². The first-order valence-electron chi connectivity index (χ1n) is 11.9. The van der Waals surface area contributed by atoms with Crippen LogP contribution in [0.3, 0.4) is 0 Å². The lowest BCUT2D eigenvalue weighted by atomic mass is 9.54. The molecule has 3 heteroatoms. The van der Waals surface area contributed by atoms with Gasteiger partial charge in [0.1, 0.15) is 6.61 Å². The smallest absolute Gasteiger partial charge is 0.161 e. The molecule has 4 bridgehead atoms. The first-order valence-corrected chi connectivity index (χ1v) is 11.9. The van der Waals surface area contributed by atoms with Crippen LogP contribution >= 0.6 is 0 Å². The molecule has 1 N–H and O–H groups in total. The Morgan fingerprint density at radius 2 is 1.47 bits per heavy atom. The minimum Gasteiger partial charge on any atom is -0.490 e. The monoisotopic (exact) mass is 405 g/mol. The normalized spacial score (nSPS) is 29.2. The maximum absolute atomic E-state index is 6.10. The summed E-state index contributed by atoms with van der Waals surface area (Å²) >= 11 is 0. The summed E-state index contributed by atoms with van der Waals surface area (Å²) in [5, 5.41) is 3.94. The van der Waals surface area contributed by atoms with Crippen LogP contribution in [0, 0.1) is 30.6 Å². The van der Waals surface area contributed by atoms with Gasteiger partial charge < -0.3 is 14.8 Å². The van der Waals surface area contributed by atoms with Crippen LogP contribution in [0.1, 0.15) is 55.7 Å². The van der Waals surface area contributed by atoms with Crippen molar-refractivity contribution in [2.75, 3.05) is 6.61 Å². The minimum atomic E-state index is 0.561. The van der Waals surface area contributed by atoms with Crippen LogP contribution in [0.5, 0.6) is 11.5 Å². The van der Waals surface area contributed by atoms with Crippen molar-refractivity contribution in [1.82, 2.24) is 5.32 Å². The summed E-state index contributed by atoms with van der Waals surface area (Å²) in [4.78, 5) is 0. The third kappa shape index (κ3) is 4.23. The van der Waals surface area contributed by atoms with E-state index >= 15 is 0 Å².